The van der Waals surface area contributed by atoms with E-state index in [1.807, 2.05) is 35.2 Å². The van der Waals surface area contributed by atoms with Gasteiger partial charge in [0, 0.05) is 67.6 Å². The summed E-state index contributed by atoms with van der Waals surface area (Å²) in [6, 6.07) is 25.4. The second-order valence-corrected chi connectivity index (χ2v) is 10.8. The normalized spacial score (nSPS) is 16.4. The number of carbonyl (C=O) groups excluding carboxylic acids is 2. The lowest BCUT2D eigenvalue weighted by atomic mass is 10.0. The maximum Gasteiger partial charge on any atom is 0.254 e. The molecule has 0 spiro atoms. The SMILES string of the molecule is O=C(c1ccccc1)N1CCC(N2CCN(C(=O)c3cc(-c4ccccc4F)nc(-c4ccccc4F)c3)CC2)CC1. The molecule has 2 aliphatic rings. The van der Waals surface area contributed by atoms with Crippen LogP contribution in [0.5, 0.6) is 0 Å². The first-order chi connectivity index (χ1) is 20.5. The molecule has 2 fully saturated rings. The molecule has 214 valence electrons. The first-order valence-electron chi connectivity index (χ1n) is 14.4. The zero-order valence-corrected chi connectivity index (χ0v) is 23.3. The van der Waals surface area contributed by atoms with Gasteiger partial charge >= 0.3 is 0 Å². The van der Waals surface area contributed by atoms with Gasteiger partial charge in [-0.05, 0) is 61.4 Å². The van der Waals surface area contributed by atoms with Crippen molar-refractivity contribution in [3.05, 3.63) is 114 Å². The summed E-state index contributed by atoms with van der Waals surface area (Å²) in [6.45, 7) is 3.99. The number of hydrogen-bond acceptors (Lipinski definition) is 4. The number of carbonyl (C=O) groups is 2. The molecule has 0 saturated carbocycles. The molecule has 1 aromatic heterocycles. The Bertz CT molecular complexity index is 1520. The number of amides is 2. The summed E-state index contributed by atoms with van der Waals surface area (Å²) < 4.78 is 29.4. The van der Waals surface area contributed by atoms with Crippen LogP contribution in [0.15, 0.2) is 91.0 Å². The molecule has 2 aliphatic heterocycles. The van der Waals surface area contributed by atoms with Gasteiger partial charge < -0.3 is 9.80 Å². The van der Waals surface area contributed by atoms with Crippen LogP contribution in [0.3, 0.4) is 0 Å². The van der Waals surface area contributed by atoms with E-state index < -0.39 is 11.6 Å². The summed E-state index contributed by atoms with van der Waals surface area (Å²) in [7, 11) is 0. The molecular formula is C34H32F2N4O2. The Hall–Kier alpha value is -4.43. The molecule has 2 amide bonds. The van der Waals surface area contributed by atoms with Crippen molar-refractivity contribution in [3.8, 4) is 22.5 Å². The van der Waals surface area contributed by atoms with Crippen LogP contribution in [0.1, 0.15) is 33.6 Å². The van der Waals surface area contributed by atoms with Crippen LogP contribution in [0.25, 0.3) is 22.5 Å². The molecule has 4 aromatic rings. The molecule has 8 heteroatoms. The fraction of sp³-hybridized carbons (Fsp3) is 0.265. The maximum atomic E-state index is 14.7. The zero-order valence-electron chi connectivity index (χ0n) is 23.3. The van der Waals surface area contributed by atoms with Gasteiger partial charge in [-0.2, -0.15) is 0 Å². The molecule has 42 heavy (non-hydrogen) atoms. The lowest BCUT2D eigenvalue weighted by Crippen LogP contribution is -2.54. The molecule has 6 rings (SSSR count). The van der Waals surface area contributed by atoms with Crippen LogP contribution in [-0.4, -0.2) is 76.8 Å². The van der Waals surface area contributed by atoms with Crippen LogP contribution in [0, 0.1) is 11.6 Å². The number of likely N-dealkylation sites (tertiary alicyclic amines) is 1. The molecule has 3 aromatic carbocycles. The van der Waals surface area contributed by atoms with Crippen molar-refractivity contribution in [2.24, 2.45) is 0 Å². The average Bonchev–Trinajstić information content (AvgIpc) is 3.05. The largest absolute Gasteiger partial charge is 0.339 e. The van der Waals surface area contributed by atoms with Gasteiger partial charge in [0.25, 0.3) is 11.8 Å². The highest BCUT2D eigenvalue weighted by molar-refractivity contribution is 5.96. The van der Waals surface area contributed by atoms with E-state index in [1.165, 1.54) is 12.1 Å². The van der Waals surface area contributed by atoms with Crippen molar-refractivity contribution in [1.29, 1.82) is 0 Å². The van der Waals surface area contributed by atoms with Gasteiger partial charge in [0.15, 0.2) is 0 Å². The van der Waals surface area contributed by atoms with Crippen molar-refractivity contribution in [2.75, 3.05) is 39.3 Å². The fourth-order valence-corrected chi connectivity index (χ4v) is 5.94. The van der Waals surface area contributed by atoms with Gasteiger partial charge in [-0.15, -0.1) is 0 Å². The molecule has 0 aliphatic carbocycles. The van der Waals surface area contributed by atoms with Gasteiger partial charge in [-0.1, -0.05) is 42.5 Å². The van der Waals surface area contributed by atoms with Gasteiger partial charge in [-0.25, -0.2) is 13.8 Å². The Morgan fingerprint density at radius 1 is 0.595 bits per heavy atom. The first-order valence-corrected chi connectivity index (χ1v) is 14.4. The molecule has 2 saturated heterocycles. The summed E-state index contributed by atoms with van der Waals surface area (Å²) >= 11 is 0. The van der Waals surface area contributed by atoms with E-state index in [2.05, 4.69) is 9.88 Å². The lowest BCUT2D eigenvalue weighted by molar-refractivity contribution is 0.0412. The third kappa shape index (κ3) is 5.81. The molecule has 0 bridgehead atoms. The topological polar surface area (TPSA) is 56.8 Å². The predicted octanol–water partition coefficient (Wildman–Crippen LogP) is 5.76. The number of aromatic nitrogens is 1. The summed E-state index contributed by atoms with van der Waals surface area (Å²) in [5.41, 5.74) is 2.15. The highest BCUT2D eigenvalue weighted by atomic mass is 19.1. The quantitative estimate of drug-likeness (QED) is 0.309. The highest BCUT2D eigenvalue weighted by Crippen LogP contribution is 2.29. The highest BCUT2D eigenvalue weighted by Gasteiger charge is 2.31. The van der Waals surface area contributed by atoms with E-state index in [4.69, 9.17) is 0 Å². The monoisotopic (exact) mass is 566 g/mol. The molecule has 0 N–H and O–H groups in total. The number of piperazine rings is 1. The standard InChI is InChI=1S/C34H32F2N4O2/c35-29-12-6-4-10-27(29)31-22-25(23-32(37-31)28-11-5-7-13-30(28)36)34(42)40-20-18-38(19-21-40)26-14-16-39(17-15-26)33(41)24-8-2-1-3-9-24/h1-13,22-23,26H,14-21H2. The zero-order chi connectivity index (χ0) is 29.1. The van der Waals surface area contributed by atoms with Gasteiger partial charge in [0.05, 0.1) is 11.4 Å². The number of pyridine rings is 1. The summed E-state index contributed by atoms with van der Waals surface area (Å²) in [4.78, 5) is 37.2. The number of halogens is 2. The van der Waals surface area contributed by atoms with E-state index in [-0.39, 0.29) is 34.3 Å². The number of hydrogen-bond donors (Lipinski definition) is 0. The van der Waals surface area contributed by atoms with Crippen molar-refractivity contribution in [2.45, 2.75) is 18.9 Å². The summed E-state index contributed by atoms with van der Waals surface area (Å²) in [6.07, 6.45) is 1.80. The minimum absolute atomic E-state index is 0.0753. The minimum atomic E-state index is -0.459. The minimum Gasteiger partial charge on any atom is -0.339 e. The van der Waals surface area contributed by atoms with Gasteiger partial charge in [0.2, 0.25) is 0 Å². The van der Waals surface area contributed by atoms with Crippen LogP contribution >= 0.6 is 0 Å². The Labute approximate surface area is 244 Å². The van der Waals surface area contributed by atoms with E-state index in [1.54, 1.807) is 53.4 Å². The molecule has 0 atom stereocenters. The van der Waals surface area contributed by atoms with Crippen LogP contribution in [0.4, 0.5) is 8.78 Å². The van der Waals surface area contributed by atoms with Crippen molar-refractivity contribution < 1.29 is 18.4 Å². The maximum absolute atomic E-state index is 14.7. The van der Waals surface area contributed by atoms with Crippen molar-refractivity contribution in [1.82, 2.24) is 19.7 Å². The smallest absolute Gasteiger partial charge is 0.254 e. The second kappa shape index (κ2) is 12.2. The van der Waals surface area contributed by atoms with Crippen LogP contribution < -0.4 is 0 Å². The van der Waals surface area contributed by atoms with E-state index >= 15 is 0 Å². The van der Waals surface area contributed by atoms with Crippen molar-refractivity contribution in [3.63, 3.8) is 0 Å². The van der Waals surface area contributed by atoms with E-state index in [9.17, 15) is 18.4 Å². The Morgan fingerprint density at radius 3 is 1.62 bits per heavy atom. The molecule has 3 heterocycles. The Kier molecular flexibility index (Phi) is 8.06. The second-order valence-electron chi connectivity index (χ2n) is 10.8. The number of nitrogens with zero attached hydrogens (tertiary/aromatic N) is 4. The molecule has 6 nitrogen and oxygen atoms in total. The molecular weight excluding hydrogens is 534 g/mol. The molecule has 0 radical (unpaired) electrons. The van der Waals surface area contributed by atoms with E-state index in [0.717, 1.165) is 31.5 Å². The molecule has 0 unspecified atom stereocenters. The van der Waals surface area contributed by atoms with Gasteiger partial charge in [-0.3, -0.25) is 14.5 Å². The Morgan fingerprint density at radius 2 is 1.07 bits per heavy atom. The number of piperidine rings is 1. The lowest BCUT2D eigenvalue weighted by Gasteiger charge is -2.42. The van der Waals surface area contributed by atoms with Crippen LogP contribution in [0.2, 0.25) is 0 Å². The first kappa shape index (κ1) is 27.7. The summed E-state index contributed by atoms with van der Waals surface area (Å²) in [5.74, 6) is -1.03. The third-order valence-corrected chi connectivity index (χ3v) is 8.26. The summed E-state index contributed by atoms with van der Waals surface area (Å²) in [5, 5.41) is 0. The fourth-order valence-electron chi connectivity index (χ4n) is 5.94. The van der Waals surface area contributed by atoms with E-state index in [0.29, 0.717) is 37.8 Å². The predicted molar refractivity (Wildman–Crippen MR) is 158 cm³/mol. The average molecular weight is 567 g/mol. The number of benzene rings is 3. The van der Waals surface area contributed by atoms with Crippen LogP contribution in [-0.2, 0) is 0 Å². The Balaban J connectivity index is 1.14. The van der Waals surface area contributed by atoms with Gasteiger partial charge in [0.1, 0.15) is 11.6 Å². The third-order valence-electron chi connectivity index (χ3n) is 8.26. The number of rotatable bonds is 5. The van der Waals surface area contributed by atoms with Crippen molar-refractivity contribution >= 4 is 11.8 Å².